The standard InChI is InChI=1S/C18H28NO3S/c1-19(2)11-5-9-15(13-19)22-17(20)18(21,14-7-3-4-8-14)16-10-6-12-23-16/h6,10,12,14-15,21H,3-5,7-9,11,13H2,1-2H3/q+1/t15-,18?/m0/s1. The third-order valence-electron chi connectivity index (χ3n) is 5.42. The minimum atomic E-state index is -1.46. The maximum Gasteiger partial charge on any atom is 0.344 e. The molecule has 0 radical (unpaired) electrons. The Labute approximate surface area is 142 Å². The monoisotopic (exact) mass is 338 g/mol. The average Bonchev–Trinajstić information content (AvgIpc) is 3.19. The first-order chi connectivity index (χ1) is 10.9. The van der Waals surface area contributed by atoms with Crippen molar-refractivity contribution in [1.29, 1.82) is 0 Å². The van der Waals surface area contributed by atoms with E-state index in [4.69, 9.17) is 4.74 Å². The molecule has 0 bridgehead atoms. The highest BCUT2D eigenvalue weighted by molar-refractivity contribution is 7.10. The molecule has 0 amide bonds. The lowest BCUT2D eigenvalue weighted by Crippen LogP contribution is -2.52. The maximum absolute atomic E-state index is 13.0. The Balaban J connectivity index is 1.78. The van der Waals surface area contributed by atoms with Gasteiger partial charge in [-0.3, -0.25) is 0 Å². The quantitative estimate of drug-likeness (QED) is 0.678. The number of ether oxygens (including phenoxy) is 1. The van der Waals surface area contributed by atoms with Crippen molar-refractivity contribution in [3.05, 3.63) is 22.4 Å². The van der Waals surface area contributed by atoms with E-state index in [2.05, 4.69) is 14.1 Å². The second-order valence-corrected chi connectivity index (χ2v) is 8.68. The lowest BCUT2D eigenvalue weighted by atomic mass is 9.84. The summed E-state index contributed by atoms with van der Waals surface area (Å²) < 4.78 is 6.70. The van der Waals surface area contributed by atoms with E-state index in [1.165, 1.54) is 11.3 Å². The highest BCUT2D eigenvalue weighted by Gasteiger charge is 2.49. The number of likely N-dealkylation sites (N-methyl/N-ethyl adjacent to an activating group) is 1. The first-order valence-electron chi connectivity index (χ1n) is 8.71. The normalized spacial score (nSPS) is 27.5. The minimum absolute atomic E-state index is 0.0141. The minimum Gasteiger partial charge on any atom is -0.454 e. The number of aliphatic hydroxyl groups is 1. The molecular formula is C18H28NO3S+. The van der Waals surface area contributed by atoms with Gasteiger partial charge in [-0.05, 0) is 30.7 Å². The molecular weight excluding hydrogens is 310 g/mol. The largest absolute Gasteiger partial charge is 0.454 e. The Morgan fingerprint density at radius 2 is 2.04 bits per heavy atom. The van der Waals surface area contributed by atoms with Crippen molar-refractivity contribution >= 4 is 17.3 Å². The Morgan fingerprint density at radius 1 is 1.30 bits per heavy atom. The second-order valence-electron chi connectivity index (χ2n) is 7.74. The van der Waals surface area contributed by atoms with Crippen LogP contribution >= 0.6 is 11.3 Å². The molecule has 1 saturated carbocycles. The molecule has 2 heterocycles. The fourth-order valence-corrected chi connectivity index (χ4v) is 5.02. The molecule has 1 saturated heterocycles. The van der Waals surface area contributed by atoms with Crippen molar-refractivity contribution < 1.29 is 19.1 Å². The number of carbonyl (C=O) groups excluding carboxylic acids is 1. The van der Waals surface area contributed by atoms with Gasteiger partial charge in [0.05, 0.1) is 20.6 Å². The van der Waals surface area contributed by atoms with E-state index in [9.17, 15) is 9.90 Å². The molecule has 0 aromatic carbocycles. The molecule has 1 N–H and O–H groups in total. The average molecular weight is 338 g/mol. The summed E-state index contributed by atoms with van der Waals surface area (Å²) in [6.07, 6.45) is 5.84. The van der Waals surface area contributed by atoms with Gasteiger partial charge in [-0.25, -0.2) is 4.79 Å². The fraction of sp³-hybridized carbons (Fsp3) is 0.722. The number of thiophene rings is 1. The Hall–Kier alpha value is -0.910. The molecule has 0 spiro atoms. The maximum atomic E-state index is 13.0. The van der Waals surface area contributed by atoms with Crippen LogP contribution in [0.2, 0.25) is 0 Å². The SMILES string of the molecule is C[N+]1(C)CCC[C@H](OC(=O)C(O)(c2cccs2)C2CCCC2)C1. The summed E-state index contributed by atoms with van der Waals surface area (Å²) in [6.45, 7) is 1.95. The van der Waals surface area contributed by atoms with Crippen LogP contribution in [-0.4, -0.2) is 48.8 Å². The molecule has 1 aromatic rings. The van der Waals surface area contributed by atoms with Crippen LogP contribution in [0, 0.1) is 5.92 Å². The van der Waals surface area contributed by atoms with Crippen LogP contribution < -0.4 is 0 Å². The van der Waals surface area contributed by atoms with Gasteiger partial charge in [-0.15, -0.1) is 11.3 Å². The van der Waals surface area contributed by atoms with Crippen LogP contribution in [0.3, 0.4) is 0 Å². The van der Waals surface area contributed by atoms with Crippen molar-refractivity contribution in [3.8, 4) is 0 Å². The molecule has 1 aromatic heterocycles. The summed E-state index contributed by atoms with van der Waals surface area (Å²) in [5.41, 5.74) is -1.46. The van der Waals surface area contributed by atoms with Crippen molar-refractivity contribution in [2.45, 2.75) is 50.2 Å². The van der Waals surface area contributed by atoms with Crippen LogP contribution in [0.15, 0.2) is 17.5 Å². The van der Waals surface area contributed by atoms with E-state index in [1.54, 1.807) is 0 Å². The first-order valence-corrected chi connectivity index (χ1v) is 9.59. The Morgan fingerprint density at radius 3 is 2.65 bits per heavy atom. The number of nitrogens with zero attached hydrogens (tertiary/aromatic N) is 1. The summed E-state index contributed by atoms with van der Waals surface area (Å²) in [5, 5.41) is 13.3. The summed E-state index contributed by atoms with van der Waals surface area (Å²) in [5.74, 6) is -0.446. The molecule has 3 rings (SSSR count). The van der Waals surface area contributed by atoms with Crippen molar-refractivity contribution in [3.63, 3.8) is 0 Å². The molecule has 2 atom stereocenters. The fourth-order valence-electron chi connectivity index (χ4n) is 4.13. The molecule has 23 heavy (non-hydrogen) atoms. The van der Waals surface area contributed by atoms with Crippen molar-refractivity contribution in [2.24, 2.45) is 5.92 Å². The number of piperidine rings is 1. The lowest BCUT2D eigenvalue weighted by molar-refractivity contribution is -0.898. The van der Waals surface area contributed by atoms with Gasteiger partial charge in [0, 0.05) is 17.2 Å². The topological polar surface area (TPSA) is 46.5 Å². The number of likely N-dealkylation sites (tertiary alicyclic amines) is 1. The van der Waals surface area contributed by atoms with Crippen LogP contribution in [0.5, 0.6) is 0 Å². The molecule has 1 aliphatic heterocycles. The highest BCUT2D eigenvalue weighted by atomic mass is 32.1. The zero-order chi connectivity index (χ0) is 16.5. The van der Waals surface area contributed by atoms with E-state index < -0.39 is 11.6 Å². The van der Waals surface area contributed by atoms with Crippen molar-refractivity contribution in [1.82, 2.24) is 0 Å². The molecule has 1 aliphatic carbocycles. The van der Waals surface area contributed by atoms with Gasteiger partial charge in [-0.1, -0.05) is 18.9 Å². The Kier molecular flexibility index (Phi) is 4.81. The zero-order valence-corrected chi connectivity index (χ0v) is 15.0. The predicted molar refractivity (Wildman–Crippen MR) is 91.1 cm³/mol. The van der Waals surface area contributed by atoms with E-state index >= 15 is 0 Å². The summed E-state index contributed by atoms with van der Waals surface area (Å²) in [6, 6.07) is 3.76. The molecule has 4 nitrogen and oxygen atoms in total. The van der Waals surface area contributed by atoms with Gasteiger partial charge in [0.25, 0.3) is 0 Å². The zero-order valence-electron chi connectivity index (χ0n) is 14.2. The van der Waals surface area contributed by atoms with E-state index in [0.717, 1.165) is 61.0 Å². The highest BCUT2D eigenvalue weighted by Crippen LogP contribution is 2.43. The van der Waals surface area contributed by atoms with Gasteiger partial charge in [0.2, 0.25) is 0 Å². The van der Waals surface area contributed by atoms with E-state index in [0.29, 0.717) is 0 Å². The van der Waals surface area contributed by atoms with Gasteiger partial charge < -0.3 is 14.3 Å². The molecule has 2 fully saturated rings. The second kappa shape index (κ2) is 6.54. The molecule has 5 heteroatoms. The Bertz CT molecular complexity index is 536. The first kappa shape index (κ1) is 16.9. The number of quaternary nitrogens is 1. The van der Waals surface area contributed by atoms with Crippen LogP contribution in [0.1, 0.15) is 43.4 Å². The number of carbonyl (C=O) groups is 1. The number of esters is 1. The van der Waals surface area contributed by atoms with E-state index in [1.807, 2.05) is 17.5 Å². The number of hydrogen-bond acceptors (Lipinski definition) is 4. The van der Waals surface area contributed by atoms with Crippen molar-refractivity contribution in [2.75, 3.05) is 27.2 Å². The molecule has 128 valence electrons. The third kappa shape index (κ3) is 3.47. The van der Waals surface area contributed by atoms with E-state index in [-0.39, 0.29) is 12.0 Å². The van der Waals surface area contributed by atoms with Gasteiger partial charge in [0.1, 0.15) is 6.54 Å². The lowest BCUT2D eigenvalue weighted by Gasteiger charge is -2.39. The van der Waals surface area contributed by atoms with Gasteiger partial charge in [0.15, 0.2) is 11.7 Å². The smallest absolute Gasteiger partial charge is 0.344 e. The molecule has 2 aliphatic rings. The number of hydrogen-bond donors (Lipinski definition) is 1. The van der Waals surface area contributed by atoms with Crippen LogP contribution in [0.25, 0.3) is 0 Å². The van der Waals surface area contributed by atoms with Gasteiger partial charge in [-0.2, -0.15) is 0 Å². The number of rotatable bonds is 4. The molecule has 1 unspecified atom stereocenters. The predicted octanol–water partition coefficient (Wildman–Crippen LogP) is 2.91. The van der Waals surface area contributed by atoms with Crippen LogP contribution in [0.4, 0.5) is 0 Å². The summed E-state index contributed by atoms with van der Waals surface area (Å²) in [7, 11) is 4.34. The summed E-state index contributed by atoms with van der Waals surface area (Å²) in [4.78, 5) is 13.7. The summed E-state index contributed by atoms with van der Waals surface area (Å²) >= 11 is 1.45. The van der Waals surface area contributed by atoms with Crippen LogP contribution in [-0.2, 0) is 15.1 Å². The van der Waals surface area contributed by atoms with Gasteiger partial charge >= 0.3 is 5.97 Å². The third-order valence-corrected chi connectivity index (χ3v) is 6.41.